The molecule has 0 saturated carbocycles. The number of pyridine rings is 1. The van der Waals surface area contributed by atoms with Gasteiger partial charge in [0.25, 0.3) is 0 Å². The fraction of sp³-hybridized carbons (Fsp3) is 0.462. The molecule has 1 aromatic rings. The van der Waals surface area contributed by atoms with Crippen LogP contribution in [-0.4, -0.2) is 43.1 Å². The zero-order valence-corrected chi connectivity index (χ0v) is 11.9. The van der Waals surface area contributed by atoms with Gasteiger partial charge in [-0.3, -0.25) is 0 Å². The number of sulfonamides is 1. The lowest BCUT2D eigenvalue weighted by Crippen LogP contribution is -2.36. The maximum absolute atomic E-state index is 12.0. The van der Waals surface area contributed by atoms with Crippen molar-refractivity contribution in [2.45, 2.75) is 13.5 Å². The highest BCUT2D eigenvalue weighted by Gasteiger charge is 2.26. The van der Waals surface area contributed by atoms with E-state index in [1.54, 1.807) is 13.1 Å². The number of hydrogen-bond donors (Lipinski definition) is 0. The van der Waals surface area contributed by atoms with E-state index < -0.39 is 10.0 Å². The van der Waals surface area contributed by atoms with E-state index in [9.17, 15) is 8.42 Å². The average Bonchev–Trinajstić information content (AvgIpc) is 2.60. The van der Waals surface area contributed by atoms with E-state index in [0.717, 1.165) is 11.4 Å². The lowest BCUT2D eigenvalue weighted by molar-refractivity contribution is 0.420. The molecule has 1 aliphatic rings. The van der Waals surface area contributed by atoms with Gasteiger partial charge in [0.2, 0.25) is 10.0 Å². The highest BCUT2D eigenvalue weighted by Crippen LogP contribution is 2.23. The van der Waals surface area contributed by atoms with Gasteiger partial charge in [-0.25, -0.2) is 13.4 Å². The molecule has 0 amide bonds. The molecule has 5 nitrogen and oxygen atoms in total. The Morgan fingerprint density at radius 3 is 2.95 bits per heavy atom. The van der Waals surface area contributed by atoms with Crippen molar-refractivity contribution in [2.24, 2.45) is 0 Å². The van der Waals surface area contributed by atoms with Crippen LogP contribution in [0.3, 0.4) is 0 Å². The van der Waals surface area contributed by atoms with Crippen LogP contribution in [0.15, 0.2) is 31.0 Å². The van der Waals surface area contributed by atoms with Crippen molar-refractivity contribution in [1.82, 2.24) is 9.29 Å². The van der Waals surface area contributed by atoms with Gasteiger partial charge in [0.15, 0.2) is 0 Å². The Balaban J connectivity index is 2.36. The topological polar surface area (TPSA) is 53.5 Å². The van der Waals surface area contributed by atoms with Crippen LogP contribution >= 0.6 is 0 Å². The van der Waals surface area contributed by atoms with Crippen molar-refractivity contribution < 1.29 is 8.42 Å². The molecular formula is C13H19N3O2S. The molecule has 0 aliphatic carbocycles. The average molecular weight is 281 g/mol. The standard InChI is InChI=1S/C13H19N3O2S/c1-3-8-15-9-10-16(19(17,18)4-2)11-12-6-5-7-14-13(12)15/h3,5-7H,1,4,8-11H2,2H3. The summed E-state index contributed by atoms with van der Waals surface area (Å²) < 4.78 is 25.6. The Morgan fingerprint density at radius 1 is 1.47 bits per heavy atom. The van der Waals surface area contributed by atoms with Crippen molar-refractivity contribution >= 4 is 15.8 Å². The van der Waals surface area contributed by atoms with Gasteiger partial charge in [-0.05, 0) is 13.0 Å². The van der Waals surface area contributed by atoms with Crippen LogP contribution in [0.5, 0.6) is 0 Å². The molecule has 0 unspecified atom stereocenters. The Hall–Kier alpha value is -1.40. The van der Waals surface area contributed by atoms with Gasteiger partial charge in [-0.1, -0.05) is 12.1 Å². The van der Waals surface area contributed by atoms with E-state index in [1.807, 2.05) is 18.2 Å². The summed E-state index contributed by atoms with van der Waals surface area (Å²) in [5.41, 5.74) is 0.943. The fourth-order valence-electron chi connectivity index (χ4n) is 2.20. The van der Waals surface area contributed by atoms with E-state index in [-0.39, 0.29) is 5.75 Å². The van der Waals surface area contributed by atoms with Gasteiger partial charge < -0.3 is 4.90 Å². The van der Waals surface area contributed by atoms with Crippen molar-refractivity contribution in [3.05, 3.63) is 36.5 Å². The molecule has 0 spiro atoms. The predicted molar refractivity (Wildman–Crippen MR) is 76.5 cm³/mol. The number of fused-ring (bicyclic) bond motifs is 1. The quantitative estimate of drug-likeness (QED) is 0.779. The van der Waals surface area contributed by atoms with Gasteiger partial charge in [0.1, 0.15) is 5.82 Å². The van der Waals surface area contributed by atoms with Crippen molar-refractivity contribution in [3.63, 3.8) is 0 Å². The summed E-state index contributed by atoms with van der Waals surface area (Å²) in [6.45, 7) is 7.60. The van der Waals surface area contributed by atoms with Crippen molar-refractivity contribution in [2.75, 3.05) is 30.3 Å². The van der Waals surface area contributed by atoms with E-state index >= 15 is 0 Å². The van der Waals surface area contributed by atoms with Crippen LogP contribution < -0.4 is 4.90 Å². The molecular weight excluding hydrogens is 262 g/mol. The van der Waals surface area contributed by atoms with Crippen LogP contribution in [0.1, 0.15) is 12.5 Å². The molecule has 0 fully saturated rings. The molecule has 0 bridgehead atoms. The molecule has 0 aromatic carbocycles. The third kappa shape index (κ3) is 2.96. The first-order valence-corrected chi connectivity index (χ1v) is 7.97. The number of aromatic nitrogens is 1. The summed E-state index contributed by atoms with van der Waals surface area (Å²) >= 11 is 0. The van der Waals surface area contributed by atoms with E-state index in [4.69, 9.17) is 0 Å². The highest BCUT2D eigenvalue weighted by molar-refractivity contribution is 7.89. The minimum atomic E-state index is -3.17. The van der Waals surface area contributed by atoms with Gasteiger partial charge in [-0.2, -0.15) is 4.31 Å². The largest absolute Gasteiger partial charge is 0.351 e. The number of rotatable bonds is 4. The Kier molecular flexibility index (Phi) is 4.21. The minimum absolute atomic E-state index is 0.129. The fourth-order valence-corrected chi connectivity index (χ4v) is 3.26. The zero-order valence-electron chi connectivity index (χ0n) is 11.1. The molecule has 2 heterocycles. The van der Waals surface area contributed by atoms with Crippen molar-refractivity contribution in [3.8, 4) is 0 Å². The predicted octanol–water partition coefficient (Wildman–Crippen LogP) is 1.24. The van der Waals surface area contributed by atoms with Crippen LogP contribution in [0.4, 0.5) is 5.82 Å². The zero-order chi connectivity index (χ0) is 13.9. The molecule has 1 aromatic heterocycles. The summed E-state index contributed by atoms with van der Waals surface area (Å²) in [7, 11) is -3.17. The van der Waals surface area contributed by atoms with Crippen LogP contribution in [0, 0.1) is 0 Å². The molecule has 2 rings (SSSR count). The molecule has 0 atom stereocenters. The molecule has 0 N–H and O–H groups in total. The van der Waals surface area contributed by atoms with Crippen LogP contribution in [0.2, 0.25) is 0 Å². The normalized spacial score (nSPS) is 16.8. The van der Waals surface area contributed by atoms with Gasteiger partial charge >= 0.3 is 0 Å². The van der Waals surface area contributed by atoms with Crippen LogP contribution in [-0.2, 0) is 16.6 Å². The maximum atomic E-state index is 12.0. The lowest BCUT2D eigenvalue weighted by atomic mass is 10.2. The molecule has 104 valence electrons. The summed E-state index contributed by atoms with van der Waals surface area (Å²) in [6, 6.07) is 3.77. The van der Waals surface area contributed by atoms with E-state index in [1.165, 1.54) is 4.31 Å². The van der Waals surface area contributed by atoms with Gasteiger partial charge in [-0.15, -0.1) is 6.58 Å². The molecule has 1 aliphatic heterocycles. The first kappa shape index (κ1) is 14.0. The molecule has 19 heavy (non-hydrogen) atoms. The Bertz CT molecular complexity index is 557. The SMILES string of the molecule is C=CCN1CCN(S(=O)(=O)CC)Cc2cccnc21. The van der Waals surface area contributed by atoms with Gasteiger partial charge in [0, 0.05) is 37.9 Å². The van der Waals surface area contributed by atoms with E-state index in [2.05, 4.69) is 16.5 Å². The Labute approximate surface area is 114 Å². The summed E-state index contributed by atoms with van der Waals surface area (Å²) in [4.78, 5) is 6.44. The summed E-state index contributed by atoms with van der Waals surface area (Å²) in [5.74, 6) is 0.987. The van der Waals surface area contributed by atoms with E-state index in [0.29, 0.717) is 26.2 Å². The molecule has 0 saturated heterocycles. The first-order valence-electron chi connectivity index (χ1n) is 6.36. The second-order valence-corrected chi connectivity index (χ2v) is 6.71. The lowest BCUT2D eigenvalue weighted by Gasteiger charge is -2.21. The summed E-state index contributed by atoms with van der Waals surface area (Å²) in [6.07, 6.45) is 3.54. The number of nitrogens with zero attached hydrogens (tertiary/aromatic N) is 3. The maximum Gasteiger partial charge on any atom is 0.214 e. The number of anilines is 1. The minimum Gasteiger partial charge on any atom is -0.351 e. The third-order valence-electron chi connectivity index (χ3n) is 3.24. The third-order valence-corrected chi connectivity index (χ3v) is 5.07. The summed E-state index contributed by atoms with van der Waals surface area (Å²) in [5, 5.41) is 0. The molecule has 0 radical (unpaired) electrons. The monoisotopic (exact) mass is 281 g/mol. The second-order valence-electron chi connectivity index (χ2n) is 4.45. The van der Waals surface area contributed by atoms with Gasteiger partial charge in [0.05, 0.1) is 5.75 Å². The molecule has 6 heteroatoms. The number of hydrogen-bond acceptors (Lipinski definition) is 4. The van der Waals surface area contributed by atoms with Crippen LogP contribution in [0.25, 0.3) is 0 Å². The second kappa shape index (κ2) is 5.71. The smallest absolute Gasteiger partial charge is 0.214 e. The highest BCUT2D eigenvalue weighted by atomic mass is 32.2. The first-order chi connectivity index (χ1) is 9.08. The van der Waals surface area contributed by atoms with Crippen molar-refractivity contribution in [1.29, 1.82) is 0 Å². The Morgan fingerprint density at radius 2 is 2.26 bits per heavy atom.